The Balaban J connectivity index is 1.86. The fraction of sp³-hybridized carbons (Fsp3) is 0.688. The van der Waals surface area contributed by atoms with Crippen molar-refractivity contribution < 1.29 is 19.3 Å². The summed E-state index contributed by atoms with van der Waals surface area (Å²) in [6.45, 7) is 2.08. The molecule has 27 heavy (non-hydrogen) atoms. The molecule has 1 saturated heterocycles. The summed E-state index contributed by atoms with van der Waals surface area (Å²) < 4.78 is 22.6. The number of aliphatic hydroxyl groups excluding tert-OH is 2. The summed E-state index contributed by atoms with van der Waals surface area (Å²) in [4.78, 5) is 21.1. The Hall–Kier alpha value is -1.75. The summed E-state index contributed by atoms with van der Waals surface area (Å²) in [5.41, 5.74) is 5.48. The van der Waals surface area contributed by atoms with E-state index in [2.05, 4.69) is 9.97 Å². The Morgan fingerprint density at radius 2 is 2.15 bits per heavy atom. The third kappa shape index (κ3) is 3.00. The van der Waals surface area contributed by atoms with Crippen molar-refractivity contribution in [3.63, 3.8) is 0 Å². The average Bonchev–Trinajstić information content (AvgIpc) is 3.34. The highest BCUT2D eigenvalue weighted by Gasteiger charge is 2.49. The maximum Gasteiger partial charge on any atom is 0.332 e. The van der Waals surface area contributed by atoms with Gasteiger partial charge in [0.25, 0.3) is 0 Å². The van der Waals surface area contributed by atoms with Crippen molar-refractivity contribution in [1.29, 1.82) is 0 Å². The average molecular weight is 402 g/mol. The summed E-state index contributed by atoms with van der Waals surface area (Å²) in [5, 5.41) is 20.3. The van der Waals surface area contributed by atoms with Gasteiger partial charge in [-0.05, 0) is 25.2 Å². The van der Waals surface area contributed by atoms with Crippen LogP contribution < -0.4 is 11.4 Å². The molecule has 0 bridgehead atoms. The van der Waals surface area contributed by atoms with Crippen molar-refractivity contribution >= 4 is 28.7 Å². The van der Waals surface area contributed by atoms with E-state index in [-0.39, 0.29) is 28.7 Å². The van der Waals surface area contributed by atoms with Crippen LogP contribution in [0.25, 0.3) is 11.2 Å². The lowest BCUT2D eigenvalue weighted by Crippen LogP contribution is -2.36. The third-order valence-electron chi connectivity index (χ3n) is 5.19. The summed E-state index contributed by atoms with van der Waals surface area (Å²) >= 11 is 6.21. The third-order valence-corrected chi connectivity index (χ3v) is 5.46. The van der Waals surface area contributed by atoms with E-state index in [1.165, 1.54) is 4.57 Å². The van der Waals surface area contributed by atoms with E-state index in [1.54, 1.807) is 6.92 Å². The zero-order valence-electron chi connectivity index (χ0n) is 14.6. The van der Waals surface area contributed by atoms with E-state index < -0.39 is 36.4 Å². The minimum absolute atomic E-state index is 0.00317. The van der Waals surface area contributed by atoms with E-state index in [1.807, 2.05) is 0 Å². The maximum absolute atomic E-state index is 14.5. The van der Waals surface area contributed by atoms with Gasteiger partial charge in [0.05, 0.1) is 6.10 Å². The summed E-state index contributed by atoms with van der Waals surface area (Å²) in [5.74, 6) is 0.188. The Labute approximate surface area is 158 Å². The molecule has 9 nitrogen and oxygen atoms in total. The molecule has 0 amide bonds. The van der Waals surface area contributed by atoms with Crippen LogP contribution in [-0.4, -0.2) is 53.8 Å². The molecule has 5 atom stereocenters. The first-order chi connectivity index (χ1) is 12.8. The van der Waals surface area contributed by atoms with Gasteiger partial charge in [-0.15, -0.1) is 0 Å². The van der Waals surface area contributed by atoms with Crippen LogP contribution in [0.2, 0.25) is 5.15 Å². The number of alkyl halides is 1. The molecule has 0 spiro atoms. The highest BCUT2D eigenvalue weighted by Crippen LogP contribution is 2.36. The molecule has 1 aliphatic heterocycles. The van der Waals surface area contributed by atoms with Crippen LogP contribution in [0.1, 0.15) is 32.4 Å². The van der Waals surface area contributed by atoms with E-state index in [4.69, 9.17) is 22.1 Å². The minimum atomic E-state index is -1.85. The van der Waals surface area contributed by atoms with Crippen molar-refractivity contribution in [2.45, 2.75) is 63.4 Å². The fourth-order valence-electron chi connectivity index (χ4n) is 3.52. The van der Waals surface area contributed by atoms with Gasteiger partial charge in [0, 0.05) is 6.54 Å². The highest BCUT2D eigenvalue weighted by molar-refractivity contribution is 6.33. The zero-order valence-corrected chi connectivity index (χ0v) is 15.4. The van der Waals surface area contributed by atoms with Crippen LogP contribution in [-0.2, 0) is 11.3 Å². The quantitative estimate of drug-likeness (QED) is 0.626. The lowest BCUT2D eigenvalue weighted by atomic mass is 10.1. The molecule has 2 fully saturated rings. The van der Waals surface area contributed by atoms with Gasteiger partial charge in [0.1, 0.15) is 17.7 Å². The molecule has 2 aliphatic rings. The van der Waals surface area contributed by atoms with Gasteiger partial charge < -0.3 is 20.7 Å². The monoisotopic (exact) mass is 401 g/mol. The first kappa shape index (κ1) is 18.6. The predicted molar refractivity (Wildman–Crippen MR) is 95.0 cm³/mol. The summed E-state index contributed by atoms with van der Waals surface area (Å²) in [7, 11) is 0. The lowest BCUT2D eigenvalue weighted by molar-refractivity contribution is -0.0799. The molecular weight excluding hydrogens is 381 g/mol. The molecule has 3 heterocycles. The number of nitrogen functional groups attached to an aromatic ring is 1. The molecule has 1 saturated carbocycles. The van der Waals surface area contributed by atoms with E-state index in [0.717, 1.165) is 17.4 Å². The molecule has 0 aromatic carbocycles. The van der Waals surface area contributed by atoms with Crippen LogP contribution in [0.15, 0.2) is 4.79 Å². The SMILES string of the molecule is CCC(O)[C@H]1O[C@@H](n2c(=O)n(CC3CC3)c3c(Cl)nc(N)nc32)[C@H](O)[C@H]1F. The molecule has 148 valence electrons. The molecule has 11 heteroatoms. The number of aliphatic hydroxyl groups is 2. The van der Waals surface area contributed by atoms with Crippen LogP contribution >= 0.6 is 11.6 Å². The number of aromatic nitrogens is 4. The zero-order chi connectivity index (χ0) is 19.5. The lowest BCUT2D eigenvalue weighted by Gasteiger charge is -2.18. The summed E-state index contributed by atoms with van der Waals surface area (Å²) in [6.07, 6.45) is -5.00. The van der Waals surface area contributed by atoms with Crippen molar-refractivity contribution in [3.8, 4) is 0 Å². The molecule has 4 N–H and O–H groups in total. The smallest absolute Gasteiger partial charge is 0.332 e. The van der Waals surface area contributed by atoms with Crippen LogP contribution in [0.4, 0.5) is 10.3 Å². The highest BCUT2D eigenvalue weighted by atomic mass is 35.5. The minimum Gasteiger partial charge on any atom is -0.390 e. The Bertz CT molecular complexity index is 930. The van der Waals surface area contributed by atoms with Gasteiger partial charge in [-0.3, -0.25) is 4.57 Å². The summed E-state index contributed by atoms with van der Waals surface area (Å²) in [6, 6.07) is 0. The number of nitrogens with zero attached hydrogens (tertiary/aromatic N) is 4. The second-order valence-electron chi connectivity index (χ2n) is 7.15. The number of fused-ring (bicyclic) bond motifs is 1. The first-order valence-electron chi connectivity index (χ1n) is 8.92. The van der Waals surface area contributed by atoms with Gasteiger partial charge in [-0.2, -0.15) is 9.97 Å². The molecule has 2 aromatic heterocycles. The van der Waals surface area contributed by atoms with Gasteiger partial charge in [-0.1, -0.05) is 18.5 Å². The standard InChI is InChI=1S/C16H21ClFN5O4/c1-2-7(24)11-8(18)10(25)14(27-11)23-13-9(12(17)20-15(19)21-13)22(16(23)26)5-6-3-4-6/h6-8,10-11,14,24-25H,2-5H2,1H3,(H2,19,20,21)/t7?,8-,10-,11-,14-/m1/s1. The fourth-order valence-corrected chi connectivity index (χ4v) is 3.80. The molecule has 0 radical (unpaired) electrons. The molecule has 1 unspecified atom stereocenters. The van der Waals surface area contributed by atoms with E-state index >= 15 is 0 Å². The van der Waals surface area contributed by atoms with Crippen LogP contribution in [0.3, 0.4) is 0 Å². The molecule has 2 aromatic rings. The Morgan fingerprint density at radius 3 is 2.78 bits per heavy atom. The van der Waals surface area contributed by atoms with Gasteiger partial charge >= 0.3 is 5.69 Å². The second kappa shape index (κ2) is 6.69. The maximum atomic E-state index is 14.5. The van der Waals surface area contributed by atoms with Crippen molar-refractivity contribution in [3.05, 3.63) is 15.6 Å². The number of rotatable bonds is 5. The van der Waals surface area contributed by atoms with Gasteiger partial charge in [-0.25, -0.2) is 13.8 Å². The number of nitrogens with two attached hydrogens (primary N) is 1. The van der Waals surface area contributed by atoms with Crippen LogP contribution in [0, 0.1) is 5.92 Å². The Kier molecular flexibility index (Phi) is 4.61. The largest absolute Gasteiger partial charge is 0.390 e. The number of ether oxygens (including phenoxy) is 1. The van der Waals surface area contributed by atoms with Gasteiger partial charge in [0.2, 0.25) is 5.95 Å². The molecular formula is C16H21ClFN5O4. The number of anilines is 1. The van der Waals surface area contributed by atoms with E-state index in [0.29, 0.717) is 12.5 Å². The number of hydrogen-bond donors (Lipinski definition) is 3. The molecule has 4 rings (SSSR count). The second-order valence-corrected chi connectivity index (χ2v) is 7.51. The van der Waals surface area contributed by atoms with E-state index in [9.17, 15) is 19.4 Å². The van der Waals surface area contributed by atoms with Crippen molar-refractivity contribution in [2.24, 2.45) is 5.92 Å². The number of halogens is 2. The Morgan fingerprint density at radius 1 is 1.44 bits per heavy atom. The van der Waals surface area contributed by atoms with Crippen molar-refractivity contribution in [1.82, 2.24) is 19.1 Å². The molecule has 1 aliphatic carbocycles. The number of imidazole rings is 1. The van der Waals surface area contributed by atoms with Crippen LogP contribution in [0.5, 0.6) is 0 Å². The van der Waals surface area contributed by atoms with Crippen molar-refractivity contribution in [2.75, 3.05) is 5.73 Å². The topological polar surface area (TPSA) is 128 Å². The normalized spacial score (nSPS) is 29.5. The van der Waals surface area contributed by atoms with Gasteiger partial charge in [0.15, 0.2) is 23.2 Å². The first-order valence-corrected chi connectivity index (χ1v) is 9.30. The number of hydrogen-bond acceptors (Lipinski definition) is 7. The predicted octanol–water partition coefficient (Wildman–Crippen LogP) is 0.606.